The molecule has 2 aliphatic heterocycles. The van der Waals surface area contributed by atoms with Gasteiger partial charge in [-0.1, -0.05) is 0 Å². The summed E-state index contributed by atoms with van der Waals surface area (Å²) in [6.07, 6.45) is 4.75. The van der Waals surface area contributed by atoms with Crippen molar-refractivity contribution < 1.29 is 9.47 Å². The Bertz CT molecular complexity index is 103. The fraction of sp³-hybridized carbons (Fsp3) is 1.00. The fourth-order valence-corrected chi connectivity index (χ4v) is 1.54. The van der Waals surface area contributed by atoms with Gasteiger partial charge in [-0.2, -0.15) is 5.32 Å². The molecule has 0 saturated carbocycles. The summed E-state index contributed by atoms with van der Waals surface area (Å²) in [5, 5.41) is 4.43. The number of nitrogens with zero attached hydrogens (tertiary/aromatic N) is 1. The van der Waals surface area contributed by atoms with Gasteiger partial charge in [0.25, 0.3) is 0 Å². The Morgan fingerprint density at radius 1 is 0.909 bits per heavy atom. The van der Waals surface area contributed by atoms with Gasteiger partial charge in [-0.15, -0.1) is 0 Å². The predicted octanol–water partition coefficient (Wildman–Crippen LogP) is 0.864. The molecule has 0 aromatic heterocycles. The molecule has 0 bridgehead atoms. The summed E-state index contributed by atoms with van der Waals surface area (Å²) in [5.74, 6) is 0. The van der Waals surface area contributed by atoms with Crippen molar-refractivity contribution in [2.75, 3.05) is 13.2 Å². The molecule has 2 fully saturated rings. The van der Waals surface area contributed by atoms with Gasteiger partial charge < -0.3 is 9.47 Å². The minimum absolute atomic E-state index is 0.137. The molecule has 2 atom stereocenters. The molecule has 2 saturated heterocycles. The number of hydrogen-bond donors (Lipinski definition) is 0. The SMILES string of the molecule is C1COC([N]C2CCCO2)C1. The maximum Gasteiger partial charge on any atom is 0.126 e. The lowest BCUT2D eigenvalue weighted by molar-refractivity contribution is 0.00160. The Morgan fingerprint density at radius 2 is 1.45 bits per heavy atom. The number of hydrogen-bond acceptors (Lipinski definition) is 2. The van der Waals surface area contributed by atoms with Crippen LogP contribution in [0.1, 0.15) is 25.7 Å². The molecule has 0 amide bonds. The molecular formula is C8H14NO2. The van der Waals surface area contributed by atoms with E-state index >= 15 is 0 Å². The lowest BCUT2D eigenvalue weighted by Crippen LogP contribution is -2.30. The van der Waals surface area contributed by atoms with E-state index in [1.807, 2.05) is 0 Å². The minimum Gasteiger partial charge on any atom is -0.362 e. The first-order valence-electron chi connectivity index (χ1n) is 4.38. The van der Waals surface area contributed by atoms with Crippen LogP contribution in [0.25, 0.3) is 0 Å². The molecular weight excluding hydrogens is 142 g/mol. The van der Waals surface area contributed by atoms with Crippen LogP contribution in [0.4, 0.5) is 0 Å². The largest absolute Gasteiger partial charge is 0.362 e. The Morgan fingerprint density at radius 3 is 1.82 bits per heavy atom. The lowest BCUT2D eigenvalue weighted by Gasteiger charge is -2.14. The highest BCUT2D eigenvalue weighted by Crippen LogP contribution is 2.16. The summed E-state index contributed by atoms with van der Waals surface area (Å²) in [4.78, 5) is 0. The molecule has 63 valence electrons. The van der Waals surface area contributed by atoms with E-state index in [2.05, 4.69) is 5.32 Å². The summed E-state index contributed by atoms with van der Waals surface area (Å²) in [7, 11) is 0. The second kappa shape index (κ2) is 3.52. The van der Waals surface area contributed by atoms with Gasteiger partial charge in [0.05, 0.1) is 0 Å². The Balaban J connectivity index is 1.71. The van der Waals surface area contributed by atoms with Crippen LogP contribution in [-0.2, 0) is 9.47 Å². The molecule has 0 aromatic carbocycles. The topological polar surface area (TPSA) is 32.6 Å². The van der Waals surface area contributed by atoms with Gasteiger partial charge in [-0.3, -0.25) is 0 Å². The third-order valence-electron chi connectivity index (χ3n) is 2.14. The Labute approximate surface area is 67.1 Å². The number of rotatable bonds is 2. The maximum absolute atomic E-state index is 5.37. The van der Waals surface area contributed by atoms with Crippen molar-refractivity contribution in [1.82, 2.24) is 5.32 Å². The molecule has 1 radical (unpaired) electrons. The van der Waals surface area contributed by atoms with Crippen LogP contribution in [0.5, 0.6) is 0 Å². The molecule has 0 spiro atoms. The summed E-state index contributed by atoms with van der Waals surface area (Å²) >= 11 is 0. The predicted molar refractivity (Wildman–Crippen MR) is 40.1 cm³/mol. The van der Waals surface area contributed by atoms with Gasteiger partial charge >= 0.3 is 0 Å². The van der Waals surface area contributed by atoms with Crippen LogP contribution in [-0.4, -0.2) is 25.7 Å². The lowest BCUT2D eigenvalue weighted by atomic mass is 10.3. The van der Waals surface area contributed by atoms with Crippen LogP contribution >= 0.6 is 0 Å². The molecule has 2 heterocycles. The zero-order valence-corrected chi connectivity index (χ0v) is 6.66. The normalized spacial score (nSPS) is 38.2. The van der Waals surface area contributed by atoms with Crippen LogP contribution in [0.2, 0.25) is 0 Å². The Hall–Kier alpha value is -0.120. The van der Waals surface area contributed by atoms with Gasteiger partial charge in [0.2, 0.25) is 0 Å². The monoisotopic (exact) mass is 156 g/mol. The van der Waals surface area contributed by atoms with Crippen LogP contribution in [0.3, 0.4) is 0 Å². The second-order valence-electron chi connectivity index (χ2n) is 3.08. The van der Waals surface area contributed by atoms with Crippen molar-refractivity contribution in [2.24, 2.45) is 0 Å². The maximum atomic E-state index is 5.37. The van der Waals surface area contributed by atoms with Crippen molar-refractivity contribution in [2.45, 2.75) is 38.1 Å². The average Bonchev–Trinajstić information content (AvgIpc) is 2.60. The molecule has 11 heavy (non-hydrogen) atoms. The molecule has 3 heteroatoms. The Kier molecular flexibility index (Phi) is 2.41. The third kappa shape index (κ3) is 1.92. The van der Waals surface area contributed by atoms with Gasteiger partial charge in [0.1, 0.15) is 12.5 Å². The average molecular weight is 156 g/mol. The smallest absolute Gasteiger partial charge is 0.126 e. The standard InChI is InChI=1S/C8H14NO2/c1-3-7(10-5-1)9-8-4-2-6-11-8/h7-8H,1-6H2. The minimum atomic E-state index is 0.137. The summed E-state index contributed by atoms with van der Waals surface area (Å²) < 4.78 is 10.7. The van der Waals surface area contributed by atoms with Gasteiger partial charge in [-0.05, 0) is 25.7 Å². The first kappa shape index (κ1) is 7.53. The zero-order valence-electron chi connectivity index (χ0n) is 6.66. The highest BCUT2D eigenvalue weighted by molar-refractivity contribution is 4.68. The van der Waals surface area contributed by atoms with Crippen molar-refractivity contribution >= 4 is 0 Å². The summed E-state index contributed by atoms with van der Waals surface area (Å²) in [5.41, 5.74) is 0. The third-order valence-corrected chi connectivity index (χ3v) is 2.14. The molecule has 2 rings (SSSR count). The van der Waals surface area contributed by atoms with Crippen molar-refractivity contribution in [3.63, 3.8) is 0 Å². The first-order chi connectivity index (χ1) is 5.45. The van der Waals surface area contributed by atoms with Crippen molar-refractivity contribution in [3.8, 4) is 0 Å². The van der Waals surface area contributed by atoms with Gasteiger partial charge in [0.15, 0.2) is 0 Å². The van der Waals surface area contributed by atoms with E-state index in [4.69, 9.17) is 9.47 Å². The highest BCUT2D eigenvalue weighted by atomic mass is 16.5. The summed E-state index contributed by atoms with van der Waals surface area (Å²) in [6, 6.07) is 0. The first-order valence-corrected chi connectivity index (χ1v) is 4.38. The van der Waals surface area contributed by atoms with E-state index in [-0.39, 0.29) is 12.5 Å². The fourth-order valence-electron chi connectivity index (χ4n) is 1.54. The molecule has 0 N–H and O–H groups in total. The van der Waals surface area contributed by atoms with E-state index in [0.717, 1.165) is 38.9 Å². The molecule has 0 aromatic rings. The molecule has 2 unspecified atom stereocenters. The molecule has 3 nitrogen and oxygen atoms in total. The van der Waals surface area contributed by atoms with Crippen molar-refractivity contribution in [1.29, 1.82) is 0 Å². The highest BCUT2D eigenvalue weighted by Gasteiger charge is 2.23. The van der Waals surface area contributed by atoms with E-state index in [0.29, 0.717) is 0 Å². The molecule has 2 aliphatic rings. The summed E-state index contributed by atoms with van der Waals surface area (Å²) in [6.45, 7) is 1.75. The number of ether oxygens (including phenoxy) is 2. The van der Waals surface area contributed by atoms with E-state index in [9.17, 15) is 0 Å². The van der Waals surface area contributed by atoms with Crippen LogP contribution in [0.15, 0.2) is 0 Å². The van der Waals surface area contributed by atoms with E-state index in [1.165, 1.54) is 0 Å². The van der Waals surface area contributed by atoms with Gasteiger partial charge in [0, 0.05) is 13.2 Å². The van der Waals surface area contributed by atoms with E-state index < -0.39 is 0 Å². The van der Waals surface area contributed by atoms with Gasteiger partial charge in [-0.25, -0.2) is 0 Å². The second-order valence-corrected chi connectivity index (χ2v) is 3.08. The zero-order chi connectivity index (χ0) is 7.52. The quantitative estimate of drug-likeness (QED) is 0.594. The van der Waals surface area contributed by atoms with Crippen LogP contribution < -0.4 is 5.32 Å². The van der Waals surface area contributed by atoms with Crippen molar-refractivity contribution in [3.05, 3.63) is 0 Å². The van der Waals surface area contributed by atoms with E-state index in [1.54, 1.807) is 0 Å². The molecule has 0 aliphatic carbocycles. The van der Waals surface area contributed by atoms with Crippen LogP contribution in [0, 0.1) is 0 Å².